The van der Waals surface area contributed by atoms with Crippen LogP contribution in [-0.2, 0) is 0 Å². The van der Waals surface area contributed by atoms with Gasteiger partial charge in [-0.1, -0.05) is 26.7 Å². The number of hydrogen-bond donors (Lipinski definition) is 1. The molecule has 0 heterocycles. The van der Waals surface area contributed by atoms with Crippen LogP contribution < -0.4 is 5.32 Å². The molecule has 1 aromatic carbocycles. The molecule has 0 bridgehead atoms. The minimum Gasteiger partial charge on any atom is -0.308 e. The van der Waals surface area contributed by atoms with E-state index in [0.29, 0.717) is 17.5 Å². The molecule has 108 valence electrons. The first-order chi connectivity index (χ1) is 8.90. The van der Waals surface area contributed by atoms with E-state index in [9.17, 15) is 8.78 Å². The Hall–Kier alpha value is -0.960. The molecule has 1 N–H and O–H groups in total. The van der Waals surface area contributed by atoms with Crippen LogP contribution in [-0.4, -0.2) is 6.04 Å². The molecule has 0 amide bonds. The van der Waals surface area contributed by atoms with Gasteiger partial charge in [0.2, 0.25) is 0 Å². The van der Waals surface area contributed by atoms with E-state index in [-0.39, 0.29) is 11.9 Å². The van der Waals surface area contributed by atoms with Crippen molar-refractivity contribution in [3.63, 3.8) is 0 Å². The number of benzene rings is 1. The van der Waals surface area contributed by atoms with Crippen molar-refractivity contribution in [2.24, 2.45) is 5.92 Å². The first-order valence-corrected chi connectivity index (χ1v) is 7.11. The summed E-state index contributed by atoms with van der Waals surface area (Å²) < 4.78 is 26.8. The Morgan fingerprint density at radius 1 is 1.05 bits per heavy atom. The molecule has 0 aromatic heterocycles. The predicted octanol–water partition coefficient (Wildman–Crippen LogP) is 4.83. The molecule has 0 aliphatic heterocycles. The van der Waals surface area contributed by atoms with Gasteiger partial charge < -0.3 is 5.32 Å². The summed E-state index contributed by atoms with van der Waals surface area (Å²) in [5.41, 5.74) is 0.399. The fraction of sp³-hybridized carbons (Fsp3) is 0.625. The van der Waals surface area contributed by atoms with Crippen LogP contribution in [0.3, 0.4) is 0 Å². The second kappa shape index (κ2) is 7.59. The Balaban J connectivity index is 2.49. The summed E-state index contributed by atoms with van der Waals surface area (Å²) in [6, 6.07) is 3.73. The molecule has 0 aliphatic carbocycles. The van der Waals surface area contributed by atoms with Gasteiger partial charge in [-0.2, -0.15) is 0 Å². The van der Waals surface area contributed by atoms with E-state index in [4.69, 9.17) is 0 Å². The third kappa shape index (κ3) is 5.68. The molecule has 1 nitrogen and oxygen atoms in total. The maximum atomic E-state index is 13.6. The van der Waals surface area contributed by atoms with Crippen LogP contribution >= 0.6 is 0 Å². The number of halogens is 2. The zero-order chi connectivity index (χ0) is 14.4. The lowest BCUT2D eigenvalue weighted by molar-refractivity contribution is 0.415. The highest BCUT2D eigenvalue weighted by Gasteiger charge is 2.14. The smallest absolute Gasteiger partial charge is 0.128 e. The van der Waals surface area contributed by atoms with Gasteiger partial charge in [0.1, 0.15) is 11.6 Å². The third-order valence-electron chi connectivity index (χ3n) is 3.38. The summed E-state index contributed by atoms with van der Waals surface area (Å²) in [5.74, 6) is -0.0291. The Kier molecular flexibility index (Phi) is 6.43. The lowest BCUT2D eigenvalue weighted by atomic mass is 10.0. The van der Waals surface area contributed by atoms with Crippen LogP contribution in [0.4, 0.5) is 8.78 Å². The highest BCUT2D eigenvalue weighted by molar-refractivity contribution is 5.21. The summed E-state index contributed by atoms with van der Waals surface area (Å²) in [4.78, 5) is 0. The second-order valence-electron chi connectivity index (χ2n) is 5.78. The van der Waals surface area contributed by atoms with E-state index >= 15 is 0 Å². The standard InChI is InChI=1S/C16H25F2N/c1-11(2)6-5-7-12(3)19-13(4)15-10-14(17)8-9-16(15)18/h8-13,19H,5-7H2,1-4H3. The zero-order valence-electron chi connectivity index (χ0n) is 12.3. The Morgan fingerprint density at radius 3 is 2.37 bits per heavy atom. The largest absolute Gasteiger partial charge is 0.308 e. The van der Waals surface area contributed by atoms with Gasteiger partial charge in [-0.25, -0.2) is 8.78 Å². The molecule has 2 unspecified atom stereocenters. The van der Waals surface area contributed by atoms with Crippen LogP contribution in [0, 0.1) is 17.6 Å². The second-order valence-corrected chi connectivity index (χ2v) is 5.78. The van der Waals surface area contributed by atoms with E-state index in [1.807, 2.05) is 6.92 Å². The fourth-order valence-electron chi connectivity index (χ4n) is 2.28. The maximum Gasteiger partial charge on any atom is 0.128 e. The Labute approximate surface area is 115 Å². The number of rotatable bonds is 7. The average molecular weight is 269 g/mol. The van der Waals surface area contributed by atoms with Crippen molar-refractivity contribution in [3.8, 4) is 0 Å². The summed E-state index contributed by atoms with van der Waals surface area (Å²) in [6.45, 7) is 8.39. The van der Waals surface area contributed by atoms with E-state index < -0.39 is 5.82 Å². The molecule has 1 aromatic rings. The van der Waals surface area contributed by atoms with Crippen molar-refractivity contribution in [1.29, 1.82) is 0 Å². The summed E-state index contributed by atoms with van der Waals surface area (Å²) >= 11 is 0. The van der Waals surface area contributed by atoms with Crippen molar-refractivity contribution < 1.29 is 8.78 Å². The van der Waals surface area contributed by atoms with Gasteiger partial charge >= 0.3 is 0 Å². The molecule has 0 saturated heterocycles. The van der Waals surface area contributed by atoms with E-state index in [1.165, 1.54) is 18.6 Å². The molecular formula is C16H25F2N. The number of nitrogens with one attached hydrogen (secondary N) is 1. The monoisotopic (exact) mass is 269 g/mol. The van der Waals surface area contributed by atoms with Gasteiger partial charge in [0, 0.05) is 17.6 Å². The molecule has 0 radical (unpaired) electrons. The highest BCUT2D eigenvalue weighted by atomic mass is 19.1. The molecule has 0 fully saturated rings. The lowest BCUT2D eigenvalue weighted by Crippen LogP contribution is -2.29. The van der Waals surface area contributed by atoms with E-state index in [1.54, 1.807) is 0 Å². The maximum absolute atomic E-state index is 13.6. The van der Waals surface area contributed by atoms with E-state index in [2.05, 4.69) is 26.1 Å². The van der Waals surface area contributed by atoms with Gasteiger partial charge in [0.05, 0.1) is 0 Å². The summed E-state index contributed by atoms with van der Waals surface area (Å²) in [7, 11) is 0. The molecule has 2 atom stereocenters. The van der Waals surface area contributed by atoms with Crippen molar-refractivity contribution in [3.05, 3.63) is 35.4 Å². The van der Waals surface area contributed by atoms with Crippen molar-refractivity contribution in [2.75, 3.05) is 0 Å². The highest BCUT2D eigenvalue weighted by Crippen LogP contribution is 2.19. The van der Waals surface area contributed by atoms with Crippen molar-refractivity contribution >= 4 is 0 Å². The van der Waals surface area contributed by atoms with Crippen LogP contribution in [0.25, 0.3) is 0 Å². The molecule has 0 saturated carbocycles. The topological polar surface area (TPSA) is 12.0 Å². The summed E-state index contributed by atoms with van der Waals surface area (Å²) in [6.07, 6.45) is 3.42. The Morgan fingerprint density at radius 2 is 1.74 bits per heavy atom. The predicted molar refractivity (Wildman–Crippen MR) is 76.1 cm³/mol. The first kappa shape index (κ1) is 16.1. The van der Waals surface area contributed by atoms with Gasteiger partial charge in [-0.3, -0.25) is 0 Å². The average Bonchev–Trinajstić information content (AvgIpc) is 2.31. The van der Waals surface area contributed by atoms with E-state index in [0.717, 1.165) is 18.9 Å². The van der Waals surface area contributed by atoms with Crippen molar-refractivity contribution in [2.45, 2.75) is 59.0 Å². The molecule has 1 rings (SSSR count). The van der Waals surface area contributed by atoms with Crippen molar-refractivity contribution in [1.82, 2.24) is 5.32 Å². The molecule has 0 spiro atoms. The molecular weight excluding hydrogens is 244 g/mol. The normalized spacial score (nSPS) is 14.7. The van der Waals surface area contributed by atoms with Gasteiger partial charge in [-0.05, 0) is 44.4 Å². The fourth-order valence-corrected chi connectivity index (χ4v) is 2.28. The molecule has 3 heteroatoms. The quantitative estimate of drug-likeness (QED) is 0.747. The summed E-state index contributed by atoms with van der Waals surface area (Å²) in [5, 5.41) is 3.33. The van der Waals surface area contributed by atoms with Gasteiger partial charge in [-0.15, -0.1) is 0 Å². The molecule has 0 aliphatic rings. The van der Waals surface area contributed by atoms with Crippen LogP contribution in [0.1, 0.15) is 58.6 Å². The third-order valence-corrected chi connectivity index (χ3v) is 3.38. The minimum absolute atomic E-state index is 0.176. The SMILES string of the molecule is CC(C)CCCC(C)NC(C)c1cc(F)ccc1F. The first-order valence-electron chi connectivity index (χ1n) is 7.11. The minimum atomic E-state index is -0.391. The van der Waals surface area contributed by atoms with Crippen LogP contribution in [0.2, 0.25) is 0 Å². The number of hydrogen-bond acceptors (Lipinski definition) is 1. The van der Waals surface area contributed by atoms with Crippen LogP contribution in [0.15, 0.2) is 18.2 Å². The molecule has 19 heavy (non-hydrogen) atoms. The van der Waals surface area contributed by atoms with Gasteiger partial charge in [0.25, 0.3) is 0 Å². The lowest BCUT2D eigenvalue weighted by Gasteiger charge is -2.21. The zero-order valence-corrected chi connectivity index (χ0v) is 12.3. The van der Waals surface area contributed by atoms with Gasteiger partial charge in [0.15, 0.2) is 0 Å². The Bertz CT molecular complexity index is 390. The van der Waals surface area contributed by atoms with Crippen LogP contribution in [0.5, 0.6) is 0 Å².